The SMILES string of the molecule is Cn1ccc(NC(=O)CCCC(=O)Nc2ccn(C)c(=O)c2O)c(O)c1=O. The van der Waals surface area contributed by atoms with Gasteiger partial charge in [0.1, 0.15) is 0 Å². The summed E-state index contributed by atoms with van der Waals surface area (Å²) in [5, 5.41) is 24.2. The number of anilines is 2. The van der Waals surface area contributed by atoms with E-state index in [0.717, 1.165) is 0 Å². The second-order valence-electron chi connectivity index (χ2n) is 5.94. The van der Waals surface area contributed by atoms with E-state index < -0.39 is 34.4 Å². The van der Waals surface area contributed by atoms with Crippen LogP contribution in [0.4, 0.5) is 11.4 Å². The number of nitrogens with zero attached hydrogens (tertiary/aromatic N) is 2. The molecule has 0 aliphatic rings. The summed E-state index contributed by atoms with van der Waals surface area (Å²) in [5.74, 6) is -2.06. The minimum Gasteiger partial charge on any atom is -0.502 e. The Balaban J connectivity index is 1.86. The summed E-state index contributed by atoms with van der Waals surface area (Å²) >= 11 is 0. The lowest BCUT2D eigenvalue weighted by molar-refractivity contribution is -0.117. The third kappa shape index (κ3) is 4.75. The van der Waals surface area contributed by atoms with E-state index in [1.807, 2.05) is 0 Å². The van der Waals surface area contributed by atoms with Crippen molar-refractivity contribution < 1.29 is 19.8 Å². The standard InChI is InChI=1S/C17H20N4O6/c1-20-8-6-10(14(24)16(20)26)18-12(22)4-3-5-13(23)19-11-7-9-21(2)17(27)15(11)25/h6-9,24-25H,3-5H2,1-2H3,(H,18,22)(H,19,23). The summed E-state index contributed by atoms with van der Waals surface area (Å²) in [6, 6.07) is 2.78. The number of carbonyl (C=O) groups excluding carboxylic acids is 2. The smallest absolute Gasteiger partial charge is 0.294 e. The maximum Gasteiger partial charge on any atom is 0.294 e. The van der Waals surface area contributed by atoms with Crippen molar-refractivity contribution in [2.75, 3.05) is 10.6 Å². The van der Waals surface area contributed by atoms with Gasteiger partial charge in [0.15, 0.2) is 0 Å². The van der Waals surface area contributed by atoms with Crippen LogP contribution in [0, 0.1) is 0 Å². The Morgan fingerprint density at radius 3 is 1.59 bits per heavy atom. The van der Waals surface area contributed by atoms with Crippen LogP contribution in [0.2, 0.25) is 0 Å². The van der Waals surface area contributed by atoms with Crippen molar-refractivity contribution in [1.29, 1.82) is 0 Å². The minimum absolute atomic E-state index is 0.00222. The molecule has 0 bridgehead atoms. The van der Waals surface area contributed by atoms with Crippen molar-refractivity contribution in [2.45, 2.75) is 19.3 Å². The average Bonchev–Trinajstić information content (AvgIpc) is 2.63. The molecule has 144 valence electrons. The van der Waals surface area contributed by atoms with E-state index in [1.54, 1.807) is 0 Å². The Morgan fingerprint density at radius 1 is 0.852 bits per heavy atom. The van der Waals surface area contributed by atoms with Crippen LogP contribution in [-0.2, 0) is 23.7 Å². The highest BCUT2D eigenvalue weighted by molar-refractivity contribution is 5.94. The highest BCUT2D eigenvalue weighted by Gasteiger charge is 2.13. The Labute approximate surface area is 153 Å². The van der Waals surface area contributed by atoms with Crippen molar-refractivity contribution >= 4 is 23.2 Å². The van der Waals surface area contributed by atoms with Crippen LogP contribution in [0.1, 0.15) is 19.3 Å². The van der Waals surface area contributed by atoms with Crippen molar-refractivity contribution in [1.82, 2.24) is 9.13 Å². The number of hydrogen-bond acceptors (Lipinski definition) is 6. The van der Waals surface area contributed by atoms with Gasteiger partial charge in [-0.15, -0.1) is 0 Å². The van der Waals surface area contributed by atoms with E-state index in [2.05, 4.69) is 10.6 Å². The number of pyridine rings is 2. The molecule has 0 aliphatic carbocycles. The molecule has 2 heterocycles. The molecular weight excluding hydrogens is 356 g/mol. The lowest BCUT2D eigenvalue weighted by atomic mass is 10.2. The molecule has 2 aromatic heterocycles. The van der Waals surface area contributed by atoms with Crippen molar-refractivity contribution in [3.05, 3.63) is 45.2 Å². The molecule has 0 saturated heterocycles. The fourth-order valence-electron chi connectivity index (χ4n) is 2.27. The predicted octanol–water partition coefficient (Wildman–Crippen LogP) is 0.243. The van der Waals surface area contributed by atoms with Gasteiger partial charge in [-0.3, -0.25) is 19.2 Å². The molecule has 0 unspecified atom stereocenters. The maximum absolute atomic E-state index is 11.9. The van der Waals surface area contributed by atoms with Crippen molar-refractivity contribution in [3.63, 3.8) is 0 Å². The summed E-state index contributed by atoms with van der Waals surface area (Å²) in [6.45, 7) is 0. The van der Waals surface area contributed by atoms with Gasteiger partial charge in [0.2, 0.25) is 23.3 Å². The molecule has 2 aromatic rings. The van der Waals surface area contributed by atoms with E-state index in [1.165, 1.54) is 47.8 Å². The topological polar surface area (TPSA) is 143 Å². The van der Waals surface area contributed by atoms with Gasteiger partial charge in [-0.25, -0.2) is 0 Å². The van der Waals surface area contributed by atoms with Gasteiger partial charge in [-0.2, -0.15) is 0 Å². The largest absolute Gasteiger partial charge is 0.502 e. The Morgan fingerprint density at radius 2 is 1.22 bits per heavy atom. The van der Waals surface area contributed by atoms with Crippen molar-refractivity contribution in [2.24, 2.45) is 14.1 Å². The molecule has 0 spiro atoms. The third-order valence-corrected chi connectivity index (χ3v) is 3.84. The zero-order chi connectivity index (χ0) is 20.1. The van der Waals surface area contributed by atoms with Crippen molar-refractivity contribution in [3.8, 4) is 11.5 Å². The molecule has 0 radical (unpaired) electrons. The fourth-order valence-corrected chi connectivity index (χ4v) is 2.27. The minimum atomic E-state index is -0.638. The summed E-state index contributed by atoms with van der Waals surface area (Å²) in [6.07, 6.45) is 2.95. The number of aryl methyl sites for hydroxylation is 2. The van der Waals surface area contributed by atoms with E-state index >= 15 is 0 Å². The first-order valence-corrected chi connectivity index (χ1v) is 8.07. The number of amides is 2. The fraction of sp³-hybridized carbons (Fsp3) is 0.294. The first-order valence-electron chi connectivity index (χ1n) is 8.07. The lowest BCUT2D eigenvalue weighted by Gasteiger charge is -2.09. The normalized spacial score (nSPS) is 10.4. The maximum atomic E-state index is 11.9. The van der Waals surface area contributed by atoms with Gasteiger partial charge < -0.3 is 30.0 Å². The van der Waals surface area contributed by atoms with Gasteiger partial charge in [0, 0.05) is 39.3 Å². The molecule has 4 N–H and O–H groups in total. The van der Waals surface area contributed by atoms with Gasteiger partial charge in [0.25, 0.3) is 11.1 Å². The molecule has 2 rings (SSSR count). The van der Waals surface area contributed by atoms with Crippen LogP contribution in [-0.4, -0.2) is 31.2 Å². The zero-order valence-electron chi connectivity index (χ0n) is 14.9. The zero-order valence-corrected chi connectivity index (χ0v) is 14.9. The van der Waals surface area contributed by atoms with E-state index in [4.69, 9.17) is 0 Å². The quantitative estimate of drug-likeness (QED) is 0.569. The van der Waals surface area contributed by atoms with Crippen LogP contribution >= 0.6 is 0 Å². The summed E-state index contributed by atoms with van der Waals surface area (Å²) < 4.78 is 2.34. The summed E-state index contributed by atoms with van der Waals surface area (Å²) in [4.78, 5) is 46.9. The molecule has 2 amide bonds. The Kier molecular flexibility index (Phi) is 6.01. The molecule has 0 aromatic carbocycles. The molecule has 10 heteroatoms. The average molecular weight is 376 g/mol. The van der Waals surface area contributed by atoms with E-state index in [0.29, 0.717) is 0 Å². The van der Waals surface area contributed by atoms with Crippen LogP contribution in [0.3, 0.4) is 0 Å². The number of hydrogen-bond donors (Lipinski definition) is 4. The summed E-state index contributed by atoms with van der Waals surface area (Å²) in [5.41, 5.74) is -1.28. The molecule has 0 saturated carbocycles. The monoisotopic (exact) mass is 376 g/mol. The van der Waals surface area contributed by atoms with Crippen LogP contribution < -0.4 is 21.8 Å². The Bertz CT molecular complexity index is 912. The second kappa shape index (κ2) is 8.21. The first-order chi connectivity index (χ1) is 12.7. The van der Waals surface area contributed by atoms with E-state index in [9.17, 15) is 29.4 Å². The van der Waals surface area contributed by atoms with Gasteiger partial charge in [-0.1, -0.05) is 0 Å². The molecule has 0 atom stereocenters. The molecular formula is C17H20N4O6. The number of nitrogens with one attached hydrogen (secondary N) is 2. The number of aromatic nitrogens is 2. The predicted molar refractivity (Wildman–Crippen MR) is 97.8 cm³/mol. The van der Waals surface area contributed by atoms with Gasteiger partial charge >= 0.3 is 0 Å². The molecule has 10 nitrogen and oxygen atoms in total. The Hall–Kier alpha value is -3.56. The number of carbonyl (C=O) groups is 2. The molecule has 0 aliphatic heterocycles. The lowest BCUT2D eigenvalue weighted by Crippen LogP contribution is -2.20. The first kappa shape index (κ1) is 19.8. The van der Waals surface area contributed by atoms with Gasteiger partial charge in [0.05, 0.1) is 11.4 Å². The van der Waals surface area contributed by atoms with E-state index in [-0.39, 0.29) is 30.6 Å². The molecule has 27 heavy (non-hydrogen) atoms. The highest BCUT2D eigenvalue weighted by atomic mass is 16.3. The second-order valence-corrected chi connectivity index (χ2v) is 5.94. The summed E-state index contributed by atoms with van der Waals surface area (Å²) in [7, 11) is 2.93. The third-order valence-electron chi connectivity index (χ3n) is 3.84. The van der Waals surface area contributed by atoms with Crippen LogP contribution in [0.25, 0.3) is 0 Å². The number of rotatable bonds is 6. The van der Waals surface area contributed by atoms with Gasteiger partial charge in [-0.05, 0) is 18.6 Å². The number of aromatic hydroxyl groups is 2. The highest BCUT2D eigenvalue weighted by Crippen LogP contribution is 2.19. The molecule has 0 fully saturated rings. The van der Waals surface area contributed by atoms with Crippen LogP contribution in [0.5, 0.6) is 11.5 Å². The van der Waals surface area contributed by atoms with Crippen LogP contribution in [0.15, 0.2) is 34.1 Å².